The third kappa shape index (κ3) is 5.56. The fraction of sp³-hybridized carbons (Fsp3) is 0.529. The summed E-state index contributed by atoms with van der Waals surface area (Å²) in [6.45, 7) is 7.60. The van der Waals surface area contributed by atoms with E-state index >= 15 is 0 Å². The number of aliphatic carboxylic acids is 1. The van der Waals surface area contributed by atoms with Crippen molar-refractivity contribution < 1.29 is 24.2 Å². The van der Waals surface area contributed by atoms with E-state index in [1.54, 1.807) is 6.92 Å². The van der Waals surface area contributed by atoms with Gasteiger partial charge in [-0.15, -0.1) is 0 Å². The Bertz CT molecular complexity index is 556. The van der Waals surface area contributed by atoms with Gasteiger partial charge in [-0.2, -0.15) is 0 Å². The van der Waals surface area contributed by atoms with Crippen LogP contribution in [0.3, 0.4) is 0 Å². The molecule has 0 saturated heterocycles. The normalized spacial score (nSPS) is 13.5. The number of carbonyl (C=O) groups is 2. The van der Waals surface area contributed by atoms with Crippen molar-refractivity contribution >= 4 is 11.9 Å². The molecule has 23 heavy (non-hydrogen) atoms. The minimum atomic E-state index is -1.12. The number of carbonyl (C=O) groups excluding carboxylic acids is 1. The minimum Gasteiger partial charge on any atom is -0.481 e. The Balaban J connectivity index is 2.68. The van der Waals surface area contributed by atoms with Gasteiger partial charge in [-0.25, -0.2) is 4.79 Å². The molecule has 0 aliphatic carbocycles. The molecule has 2 N–H and O–H groups in total. The Hall–Kier alpha value is -2.08. The molecule has 128 valence electrons. The van der Waals surface area contributed by atoms with Crippen molar-refractivity contribution in [3.8, 4) is 5.75 Å². The van der Waals surface area contributed by atoms with Gasteiger partial charge in [0.1, 0.15) is 5.75 Å². The molecule has 0 saturated carbocycles. The molecular weight excluding hydrogens is 298 g/mol. The standard InChI is InChI=1S/C17H25NO5/c1-10(2)13-7-6-11(3)14(8-13)23-12(4)16(19)18-9-15(22-5)17(20)21/h6-8,10,12,15H,9H2,1-5H3,(H,18,19)(H,20,21). The lowest BCUT2D eigenvalue weighted by molar-refractivity contribution is -0.148. The summed E-state index contributed by atoms with van der Waals surface area (Å²) in [5.74, 6) is -0.495. The zero-order valence-corrected chi connectivity index (χ0v) is 14.3. The van der Waals surface area contributed by atoms with Gasteiger partial charge in [-0.3, -0.25) is 4.79 Å². The third-order valence-corrected chi connectivity index (χ3v) is 3.57. The van der Waals surface area contributed by atoms with Gasteiger partial charge in [0.15, 0.2) is 12.2 Å². The van der Waals surface area contributed by atoms with Gasteiger partial charge >= 0.3 is 5.97 Å². The van der Waals surface area contributed by atoms with Crippen molar-refractivity contribution in [2.24, 2.45) is 0 Å². The number of hydrogen-bond donors (Lipinski definition) is 2. The largest absolute Gasteiger partial charge is 0.481 e. The van der Waals surface area contributed by atoms with Crippen LogP contribution in [0.25, 0.3) is 0 Å². The first-order valence-corrected chi connectivity index (χ1v) is 7.56. The third-order valence-electron chi connectivity index (χ3n) is 3.57. The first-order valence-electron chi connectivity index (χ1n) is 7.56. The van der Waals surface area contributed by atoms with Gasteiger partial charge < -0.3 is 19.9 Å². The Morgan fingerprint density at radius 1 is 1.26 bits per heavy atom. The number of nitrogens with one attached hydrogen (secondary N) is 1. The van der Waals surface area contributed by atoms with Gasteiger partial charge in [0.2, 0.25) is 0 Å². The van der Waals surface area contributed by atoms with Gasteiger partial charge in [0, 0.05) is 7.11 Å². The Morgan fingerprint density at radius 2 is 1.91 bits per heavy atom. The molecule has 0 heterocycles. The molecule has 1 amide bonds. The van der Waals surface area contributed by atoms with Crippen molar-refractivity contribution in [2.45, 2.75) is 45.8 Å². The van der Waals surface area contributed by atoms with E-state index in [1.807, 2.05) is 25.1 Å². The highest BCUT2D eigenvalue weighted by atomic mass is 16.5. The molecule has 0 spiro atoms. The highest BCUT2D eigenvalue weighted by Gasteiger charge is 2.21. The van der Waals surface area contributed by atoms with E-state index in [0.717, 1.165) is 11.1 Å². The number of aryl methyl sites for hydroxylation is 1. The molecule has 1 rings (SSSR count). The maximum atomic E-state index is 12.0. The van der Waals surface area contributed by atoms with Crippen LogP contribution in [0.15, 0.2) is 18.2 Å². The summed E-state index contributed by atoms with van der Waals surface area (Å²) in [4.78, 5) is 22.9. The first kappa shape index (κ1) is 19.0. The molecule has 6 heteroatoms. The minimum absolute atomic E-state index is 0.108. The van der Waals surface area contributed by atoms with Crippen LogP contribution in [0.1, 0.15) is 37.8 Å². The lowest BCUT2D eigenvalue weighted by Gasteiger charge is -2.19. The van der Waals surface area contributed by atoms with Crippen LogP contribution in [0.5, 0.6) is 5.75 Å². The smallest absolute Gasteiger partial charge is 0.334 e. The van der Waals surface area contributed by atoms with E-state index in [9.17, 15) is 9.59 Å². The van der Waals surface area contributed by atoms with Crippen LogP contribution in [-0.2, 0) is 14.3 Å². The molecule has 1 aromatic rings. The van der Waals surface area contributed by atoms with E-state index in [1.165, 1.54) is 7.11 Å². The maximum absolute atomic E-state index is 12.0. The predicted octanol–water partition coefficient (Wildman–Crippen LogP) is 2.10. The summed E-state index contributed by atoms with van der Waals surface area (Å²) < 4.78 is 10.5. The van der Waals surface area contributed by atoms with Crippen molar-refractivity contribution in [2.75, 3.05) is 13.7 Å². The first-order chi connectivity index (χ1) is 10.8. The lowest BCUT2D eigenvalue weighted by atomic mass is 10.0. The number of benzene rings is 1. The summed E-state index contributed by atoms with van der Waals surface area (Å²) in [5, 5.41) is 11.4. The number of ether oxygens (including phenoxy) is 2. The Labute approximate surface area is 136 Å². The highest BCUT2D eigenvalue weighted by Crippen LogP contribution is 2.25. The number of carboxylic acid groups (broad SMARTS) is 1. The van der Waals surface area contributed by atoms with Crippen LogP contribution in [-0.4, -0.2) is 42.8 Å². The molecule has 0 aliphatic heterocycles. The summed E-state index contributed by atoms with van der Waals surface area (Å²) in [6.07, 6.45) is -1.81. The van der Waals surface area contributed by atoms with Crippen LogP contribution in [0, 0.1) is 6.92 Å². The summed E-state index contributed by atoms with van der Waals surface area (Å²) in [6, 6.07) is 5.92. The molecule has 0 aromatic heterocycles. The van der Waals surface area contributed by atoms with Gasteiger partial charge in [-0.1, -0.05) is 26.0 Å². The molecule has 6 nitrogen and oxygen atoms in total. The van der Waals surface area contributed by atoms with Crippen molar-refractivity contribution in [1.82, 2.24) is 5.32 Å². The van der Waals surface area contributed by atoms with Gasteiger partial charge in [0.05, 0.1) is 6.54 Å². The summed E-state index contributed by atoms with van der Waals surface area (Å²) >= 11 is 0. The molecular formula is C17H25NO5. The van der Waals surface area contributed by atoms with Crippen molar-refractivity contribution in [1.29, 1.82) is 0 Å². The second-order valence-corrected chi connectivity index (χ2v) is 5.75. The SMILES string of the molecule is COC(CNC(=O)C(C)Oc1cc(C(C)C)ccc1C)C(=O)O. The Morgan fingerprint density at radius 3 is 2.43 bits per heavy atom. The zero-order chi connectivity index (χ0) is 17.6. The van der Waals surface area contributed by atoms with E-state index in [-0.39, 0.29) is 12.5 Å². The molecule has 0 fully saturated rings. The Kier molecular flexibility index (Phi) is 7.03. The number of amides is 1. The van der Waals surface area contributed by atoms with Gasteiger partial charge in [-0.05, 0) is 37.0 Å². The number of hydrogen-bond acceptors (Lipinski definition) is 4. The molecule has 1 aromatic carbocycles. The summed E-state index contributed by atoms with van der Waals surface area (Å²) in [5.41, 5.74) is 2.07. The number of carboxylic acids is 1. The highest BCUT2D eigenvalue weighted by molar-refractivity contribution is 5.81. The molecule has 2 unspecified atom stereocenters. The van der Waals surface area contributed by atoms with Crippen LogP contribution in [0.2, 0.25) is 0 Å². The lowest BCUT2D eigenvalue weighted by Crippen LogP contribution is -2.43. The fourth-order valence-corrected chi connectivity index (χ4v) is 1.96. The van der Waals surface area contributed by atoms with Crippen LogP contribution >= 0.6 is 0 Å². The second-order valence-electron chi connectivity index (χ2n) is 5.75. The average Bonchev–Trinajstić information content (AvgIpc) is 2.49. The second kappa shape index (κ2) is 8.53. The monoisotopic (exact) mass is 323 g/mol. The van der Waals surface area contributed by atoms with Crippen molar-refractivity contribution in [3.05, 3.63) is 29.3 Å². The number of rotatable bonds is 8. The van der Waals surface area contributed by atoms with Crippen LogP contribution < -0.4 is 10.1 Å². The molecule has 0 bridgehead atoms. The topological polar surface area (TPSA) is 84.9 Å². The van der Waals surface area contributed by atoms with E-state index in [0.29, 0.717) is 11.7 Å². The number of methoxy groups -OCH3 is 1. The van der Waals surface area contributed by atoms with E-state index < -0.39 is 18.2 Å². The average molecular weight is 323 g/mol. The predicted molar refractivity (Wildman–Crippen MR) is 86.8 cm³/mol. The summed E-state index contributed by atoms with van der Waals surface area (Å²) in [7, 11) is 1.28. The maximum Gasteiger partial charge on any atom is 0.334 e. The zero-order valence-electron chi connectivity index (χ0n) is 14.3. The molecule has 2 atom stereocenters. The van der Waals surface area contributed by atoms with E-state index in [2.05, 4.69) is 19.2 Å². The van der Waals surface area contributed by atoms with Crippen molar-refractivity contribution in [3.63, 3.8) is 0 Å². The molecule has 0 radical (unpaired) electrons. The van der Waals surface area contributed by atoms with E-state index in [4.69, 9.17) is 14.6 Å². The van der Waals surface area contributed by atoms with Gasteiger partial charge in [0.25, 0.3) is 5.91 Å². The van der Waals surface area contributed by atoms with Crippen LogP contribution in [0.4, 0.5) is 0 Å². The fourth-order valence-electron chi connectivity index (χ4n) is 1.96. The quantitative estimate of drug-likeness (QED) is 0.765. The molecule has 0 aliphatic rings.